The number of hydrogen-bond donors (Lipinski definition) is 1. The summed E-state index contributed by atoms with van der Waals surface area (Å²) >= 11 is 0. The molecule has 0 aromatic heterocycles. The molecule has 0 aromatic carbocycles. The topological polar surface area (TPSA) is 85.1 Å². The van der Waals surface area contributed by atoms with E-state index in [0.717, 1.165) is 13.1 Å². The summed E-state index contributed by atoms with van der Waals surface area (Å²) in [6.07, 6.45) is -1.03. The highest BCUT2D eigenvalue weighted by molar-refractivity contribution is 5.68. The van der Waals surface area contributed by atoms with Crippen molar-refractivity contribution >= 4 is 12.2 Å². The van der Waals surface area contributed by atoms with Crippen LogP contribution in [0.25, 0.3) is 0 Å². The summed E-state index contributed by atoms with van der Waals surface area (Å²) in [5.74, 6) is 0. The molecule has 19 heavy (non-hydrogen) atoms. The Balaban J connectivity index is 2.25. The Morgan fingerprint density at radius 3 is 2.21 bits per heavy atom. The molecular weight excluding hydrogens is 250 g/mol. The first-order chi connectivity index (χ1) is 8.78. The van der Waals surface area contributed by atoms with E-state index >= 15 is 0 Å². The maximum atomic E-state index is 11.8. The molecule has 0 bridgehead atoms. The zero-order chi connectivity index (χ0) is 14.5. The van der Waals surface area contributed by atoms with Crippen LogP contribution in [-0.2, 0) is 9.47 Å². The van der Waals surface area contributed by atoms with Gasteiger partial charge in [0.1, 0.15) is 12.2 Å². The van der Waals surface area contributed by atoms with Crippen molar-refractivity contribution in [1.29, 1.82) is 0 Å². The van der Waals surface area contributed by atoms with Gasteiger partial charge in [0, 0.05) is 32.7 Å². The van der Waals surface area contributed by atoms with Crippen LogP contribution < -0.4 is 5.73 Å². The van der Waals surface area contributed by atoms with Crippen molar-refractivity contribution in [3.63, 3.8) is 0 Å². The normalized spacial score (nSPS) is 17.1. The minimum Gasteiger partial charge on any atom is -0.448 e. The smallest absolute Gasteiger partial charge is 0.410 e. The molecule has 110 valence electrons. The molecule has 0 spiro atoms. The molecule has 1 aliphatic rings. The lowest BCUT2D eigenvalue weighted by molar-refractivity contribution is 0.0132. The van der Waals surface area contributed by atoms with Crippen LogP contribution in [0.5, 0.6) is 0 Å². The number of carbonyl (C=O) groups is 2. The molecule has 2 amide bonds. The molecular formula is C12H23N3O4. The van der Waals surface area contributed by atoms with Crippen molar-refractivity contribution in [3.05, 3.63) is 0 Å². The van der Waals surface area contributed by atoms with Gasteiger partial charge in [-0.1, -0.05) is 0 Å². The van der Waals surface area contributed by atoms with Gasteiger partial charge in [0.05, 0.1) is 0 Å². The first-order valence-electron chi connectivity index (χ1n) is 6.40. The lowest BCUT2D eigenvalue weighted by Crippen LogP contribution is -2.50. The zero-order valence-electron chi connectivity index (χ0n) is 11.8. The van der Waals surface area contributed by atoms with Crippen molar-refractivity contribution in [2.75, 3.05) is 39.3 Å². The maximum Gasteiger partial charge on any atom is 0.410 e. The van der Waals surface area contributed by atoms with Gasteiger partial charge < -0.3 is 20.1 Å². The number of carbonyl (C=O) groups excluding carboxylic acids is 2. The second-order valence-corrected chi connectivity index (χ2v) is 5.48. The Labute approximate surface area is 113 Å². The van der Waals surface area contributed by atoms with E-state index in [1.165, 1.54) is 0 Å². The highest BCUT2D eigenvalue weighted by Crippen LogP contribution is 2.11. The maximum absolute atomic E-state index is 11.8. The van der Waals surface area contributed by atoms with Gasteiger partial charge in [0.2, 0.25) is 0 Å². The van der Waals surface area contributed by atoms with Gasteiger partial charge in [-0.25, -0.2) is 9.59 Å². The van der Waals surface area contributed by atoms with Gasteiger partial charge in [-0.2, -0.15) is 0 Å². The Bertz CT molecular complexity index is 319. The van der Waals surface area contributed by atoms with E-state index in [1.54, 1.807) is 4.90 Å². The van der Waals surface area contributed by atoms with Crippen LogP contribution >= 0.6 is 0 Å². The summed E-state index contributed by atoms with van der Waals surface area (Å²) in [4.78, 5) is 26.1. The molecule has 0 unspecified atom stereocenters. The summed E-state index contributed by atoms with van der Waals surface area (Å²) in [5, 5.41) is 0. The predicted octanol–water partition coefficient (Wildman–Crippen LogP) is 0.634. The van der Waals surface area contributed by atoms with Crippen LogP contribution in [-0.4, -0.2) is 66.9 Å². The highest BCUT2D eigenvalue weighted by Gasteiger charge is 2.25. The van der Waals surface area contributed by atoms with Crippen molar-refractivity contribution in [1.82, 2.24) is 9.80 Å². The fourth-order valence-electron chi connectivity index (χ4n) is 1.76. The predicted molar refractivity (Wildman–Crippen MR) is 69.8 cm³/mol. The van der Waals surface area contributed by atoms with E-state index in [4.69, 9.17) is 10.5 Å². The second kappa shape index (κ2) is 6.60. The molecule has 7 nitrogen and oxygen atoms in total. The molecule has 7 heteroatoms. The molecule has 1 heterocycles. The molecule has 1 saturated heterocycles. The van der Waals surface area contributed by atoms with Gasteiger partial charge in [0.15, 0.2) is 0 Å². The summed E-state index contributed by atoms with van der Waals surface area (Å²) in [7, 11) is 0. The Morgan fingerprint density at radius 2 is 1.74 bits per heavy atom. The Morgan fingerprint density at radius 1 is 1.16 bits per heavy atom. The van der Waals surface area contributed by atoms with Crippen LogP contribution in [0.15, 0.2) is 0 Å². The molecule has 1 aliphatic heterocycles. The third-order valence-corrected chi connectivity index (χ3v) is 2.68. The van der Waals surface area contributed by atoms with Crippen LogP contribution in [0.3, 0.4) is 0 Å². The van der Waals surface area contributed by atoms with Gasteiger partial charge in [0.25, 0.3) is 0 Å². The van der Waals surface area contributed by atoms with Crippen molar-refractivity contribution in [3.8, 4) is 0 Å². The molecule has 1 rings (SSSR count). The van der Waals surface area contributed by atoms with Gasteiger partial charge >= 0.3 is 12.2 Å². The van der Waals surface area contributed by atoms with Gasteiger partial charge in [-0.15, -0.1) is 0 Å². The molecule has 0 saturated carbocycles. The standard InChI is InChI=1S/C12H23N3O4/c1-12(2,3)19-11(17)15-6-4-14(5-7-15)8-9-18-10(13)16/h4-9H2,1-3H3,(H2,13,16). The minimum absolute atomic E-state index is 0.277. The van der Waals surface area contributed by atoms with E-state index in [2.05, 4.69) is 9.64 Å². The fraction of sp³-hybridized carbons (Fsp3) is 0.833. The molecule has 0 aromatic rings. The van der Waals surface area contributed by atoms with E-state index in [9.17, 15) is 9.59 Å². The van der Waals surface area contributed by atoms with Crippen molar-refractivity contribution in [2.24, 2.45) is 5.73 Å². The number of nitrogens with zero attached hydrogens (tertiary/aromatic N) is 2. The van der Waals surface area contributed by atoms with E-state index in [-0.39, 0.29) is 12.7 Å². The number of rotatable bonds is 3. The summed E-state index contributed by atoms with van der Waals surface area (Å²) in [6.45, 7) is 9.17. The first kappa shape index (κ1) is 15.6. The zero-order valence-corrected chi connectivity index (χ0v) is 11.8. The molecule has 0 aliphatic carbocycles. The lowest BCUT2D eigenvalue weighted by Gasteiger charge is -2.35. The average molecular weight is 273 g/mol. The molecule has 1 fully saturated rings. The van der Waals surface area contributed by atoms with Crippen molar-refractivity contribution < 1.29 is 19.1 Å². The monoisotopic (exact) mass is 273 g/mol. The fourth-order valence-corrected chi connectivity index (χ4v) is 1.76. The summed E-state index contributed by atoms with van der Waals surface area (Å²) < 4.78 is 9.98. The van der Waals surface area contributed by atoms with Gasteiger partial charge in [-0.3, -0.25) is 4.90 Å². The van der Waals surface area contributed by atoms with Crippen LogP contribution in [0.4, 0.5) is 9.59 Å². The number of piperazine rings is 1. The molecule has 2 N–H and O–H groups in total. The second-order valence-electron chi connectivity index (χ2n) is 5.48. The third kappa shape index (κ3) is 6.28. The number of ether oxygens (including phenoxy) is 2. The lowest BCUT2D eigenvalue weighted by atomic mass is 10.2. The minimum atomic E-state index is -0.757. The largest absolute Gasteiger partial charge is 0.448 e. The Hall–Kier alpha value is -1.50. The number of hydrogen-bond acceptors (Lipinski definition) is 5. The SMILES string of the molecule is CC(C)(C)OC(=O)N1CCN(CCOC(N)=O)CC1. The third-order valence-electron chi connectivity index (χ3n) is 2.68. The number of primary amides is 1. The van der Waals surface area contributed by atoms with Crippen molar-refractivity contribution in [2.45, 2.75) is 26.4 Å². The molecule has 0 radical (unpaired) electrons. The van der Waals surface area contributed by atoms with E-state index < -0.39 is 11.7 Å². The quantitative estimate of drug-likeness (QED) is 0.815. The van der Waals surface area contributed by atoms with Crippen LogP contribution in [0.2, 0.25) is 0 Å². The Kier molecular flexibility index (Phi) is 5.41. The van der Waals surface area contributed by atoms with E-state index in [0.29, 0.717) is 19.6 Å². The van der Waals surface area contributed by atoms with Crippen LogP contribution in [0, 0.1) is 0 Å². The van der Waals surface area contributed by atoms with E-state index in [1.807, 2.05) is 20.8 Å². The average Bonchev–Trinajstić information content (AvgIpc) is 2.27. The molecule has 0 atom stereocenters. The highest BCUT2D eigenvalue weighted by atomic mass is 16.6. The van der Waals surface area contributed by atoms with Crippen LogP contribution in [0.1, 0.15) is 20.8 Å². The summed E-state index contributed by atoms with van der Waals surface area (Å²) in [6, 6.07) is 0. The number of nitrogens with two attached hydrogens (primary N) is 1. The number of amides is 2. The first-order valence-corrected chi connectivity index (χ1v) is 6.40. The van der Waals surface area contributed by atoms with Gasteiger partial charge in [-0.05, 0) is 20.8 Å². The summed E-state index contributed by atoms with van der Waals surface area (Å²) in [5.41, 5.74) is 4.41.